The third-order valence-electron chi connectivity index (χ3n) is 3.53. The minimum atomic E-state index is -2.80. The third-order valence-corrected chi connectivity index (χ3v) is 6.10. The van der Waals surface area contributed by atoms with Crippen LogP contribution in [-0.4, -0.2) is 17.6 Å². The van der Waals surface area contributed by atoms with E-state index in [0.717, 1.165) is 25.7 Å². The Morgan fingerprint density at radius 1 is 1.36 bits per heavy atom. The highest BCUT2D eigenvalue weighted by molar-refractivity contribution is 8.09. The molecule has 6 nitrogen and oxygen atoms in total. The summed E-state index contributed by atoms with van der Waals surface area (Å²) < 4.78 is 11.4. The number of nitrogens with zero attached hydrogens (tertiary/aromatic N) is 1. The molecule has 1 N–H and O–H groups in total. The van der Waals surface area contributed by atoms with Gasteiger partial charge in [-0.05, 0) is 37.6 Å². The van der Waals surface area contributed by atoms with Crippen molar-refractivity contribution >= 4 is 24.1 Å². The fraction of sp³-hybridized carbons (Fsp3) is 0.571. The van der Waals surface area contributed by atoms with Crippen molar-refractivity contribution in [3.8, 4) is 5.75 Å². The van der Waals surface area contributed by atoms with Gasteiger partial charge < -0.3 is 9.05 Å². The first-order chi connectivity index (χ1) is 10.5. The van der Waals surface area contributed by atoms with Crippen LogP contribution in [0.3, 0.4) is 0 Å². The molecule has 0 amide bonds. The molecule has 1 atom stereocenters. The molecule has 122 valence electrons. The normalized spacial score (nSPS) is 18.6. The second-order valence-corrected chi connectivity index (χ2v) is 8.33. The van der Waals surface area contributed by atoms with Crippen LogP contribution in [-0.2, 0) is 16.3 Å². The lowest BCUT2D eigenvalue weighted by Gasteiger charge is -2.30. The molecule has 1 aromatic rings. The molecule has 22 heavy (non-hydrogen) atoms. The Morgan fingerprint density at radius 2 is 2.05 bits per heavy atom. The number of hydrogen-bond acceptors (Lipinski definition) is 5. The Balaban J connectivity index is 2.17. The minimum Gasteiger partial charge on any atom is -0.425 e. The van der Waals surface area contributed by atoms with Crippen molar-refractivity contribution in [2.24, 2.45) is 0 Å². The summed E-state index contributed by atoms with van der Waals surface area (Å²) in [5, 5.41) is 14.4. The van der Waals surface area contributed by atoms with Gasteiger partial charge in [-0.3, -0.25) is 10.1 Å². The van der Waals surface area contributed by atoms with Gasteiger partial charge in [-0.15, -0.1) is 0 Å². The average Bonchev–Trinajstić information content (AvgIpc) is 2.48. The Morgan fingerprint density at radius 3 is 2.68 bits per heavy atom. The highest BCUT2D eigenvalue weighted by Gasteiger charge is 2.28. The Bertz CT molecular complexity index is 564. The third kappa shape index (κ3) is 4.74. The first-order valence-electron chi connectivity index (χ1n) is 7.49. The van der Waals surface area contributed by atoms with Gasteiger partial charge in [-0.1, -0.05) is 31.4 Å². The molecule has 0 bridgehead atoms. The molecule has 1 saturated carbocycles. The largest absolute Gasteiger partial charge is 0.425 e. The molecule has 1 aromatic carbocycles. The summed E-state index contributed by atoms with van der Waals surface area (Å²) >= 11 is 5.54. The quantitative estimate of drug-likeness (QED) is 0.455. The van der Waals surface area contributed by atoms with Gasteiger partial charge in [0.2, 0.25) is 5.75 Å². The highest BCUT2D eigenvalue weighted by Crippen LogP contribution is 2.48. The standard InChI is InChI=1S/C14H21N2O4PS/c1-2-19-21(22,15-12-8-4-3-5-9-12)20-14-11-7-6-10-13(14)16(17)18/h6-7,10-12H,2-5,8-9H2,1H3,(H,15,22). The van der Waals surface area contributed by atoms with Crippen LogP contribution in [0.15, 0.2) is 24.3 Å². The predicted molar refractivity (Wildman–Crippen MR) is 89.6 cm³/mol. The second-order valence-electron chi connectivity index (χ2n) is 5.20. The molecule has 1 unspecified atom stereocenters. The molecule has 0 aliphatic heterocycles. The van der Waals surface area contributed by atoms with Crippen molar-refractivity contribution in [2.45, 2.75) is 45.1 Å². The van der Waals surface area contributed by atoms with Crippen LogP contribution in [0.25, 0.3) is 0 Å². The maximum Gasteiger partial charge on any atom is 0.313 e. The number of rotatable bonds is 7. The van der Waals surface area contributed by atoms with Crippen LogP contribution in [0, 0.1) is 10.1 Å². The lowest BCUT2D eigenvalue weighted by molar-refractivity contribution is -0.385. The van der Waals surface area contributed by atoms with Gasteiger partial charge in [0.05, 0.1) is 11.5 Å². The zero-order valence-corrected chi connectivity index (χ0v) is 14.3. The summed E-state index contributed by atoms with van der Waals surface area (Å²) in [6.45, 7) is -0.557. The van der Waals surface area contributed by atoms with E-state index < -0.39 is 11.6 Å². The maximum absolute atomic E-state index is 11.1. The molecule has 0 spiro atoms. The lowest BCUT2D eigenvalue weighted by atomic mass is 9.96. The van der Waals surface area contributed by atoms with E-state index in [-0.39, 0.29) is 17.5 Å². The van der Waals surface area contributed by atoms with Gasteiger partial charge in [0, 0.05) is 12.1 Å². The molecule has 0 saturated heterocycles. The van der Waals surface area contributed by atoms with Gasteiger partial charge in [-0.2, -0.15) is 0 Å². The van der Waals surface area contributed by atoms with Gasteiger partial charge in [-0.25, -0.2) is 5.09 Å². The summed E-state index contributed by atoms with van der Waals surface area (Å²) in [6.07, 6.45) is 5.62. The Kier molecular flexibility index (Phi) is 6.32. The van der Waals surface area contributed by atoms with E-state index >= 15 is 0 Å². The van der Waals surface area contributed by atoms with Crippen molar-refractivity contribution in [2.75, 3.05) is 6.61 Å². The van der Waals surface area contributed by atoms with E-state index in [1.165, 1.54) is 12.5 Å². The van der Waals surface area contributed by atoms with E-state index in [1.807, 2.05) is 6.92 Å². The first kappa shape index (κ1) is 17.3. The molecule has 0 radical (unpaired) electrons. The fourth-order valence-corrected chi connectivity index (χ4v) is 5.17. The van der Waals surface area contributed by atoms with E-state index in [9.17, 15) is 10.1 Å². The summed E-state index contributed by atoms with van der Waals surface area (Å²) in [5.74, 6) is 0.160. The number of hydrogen-bond donors (Lipinski definition) is 1. The van der Waals surface area contributed by atoms with Crippen molar-refractivity contribution in [1.29, 1.82) is 0 Å². The first-order valence-corrected chi connectivity index (χ1v) is 10.1. The minimum absolute atomic E-state index is 0.0955. The maximum atomic E-state index is 11.1. The van der Waals surface area contributed by atoms with Crippen molar-refractivity contribution < 1.29 is 14.0 Å². The van der Waals surface area contributed by atoms with Crippen LogP contribution in [0.4, 0.5) is 5.69 Å². The topological polar surface area (TPSA) is 73.6 Å². The zero-order chi connectivity index (χ0) is 16.0. The van der Waals surface area contributed by atoms with E-state index in [0.29, 0.717) is 6.61 Å². The highest BCUT2D eigenvalue weighted by atomic mass is 32.5. The fourth-order valence-electron chi connectivity index (χ4n) is 2.53. The number of nitro groups is 1. The summed E-state index contributed by atoms with van der Waals surface area (Å²) in [7, 11) is 0. The summed E-state index contributed by atoms with van der Waals surface area (Å²) in [5.41, 5.74) is -0.0955. The van der Waals surface area contributed by atoms with Crippen LogP contribution in [0.1, 0.15) is 39.0 Å². The van der Waals surface area contributed by atoms with Crippen molar-refractivity contribution in [1.82, 2.24) is 5.09 Å². The average molecular weight is 344 g/mol. The Hall–Kier alpha value is -1.01. The monoisotopic (exact) mass is 344 g/mol. The summed E-state index contributed by atoms with van der Waals surface area (Å²) in [4.78, 5) is 10.6. The number of benzene rings is 1. The van der Waals surface area contributed by atoms with E-state index in [1.54, 1.807) is 18.2 Å². The molecule has 8 heteroatoms. The van der Waals surface area contributed by atoms with Crippen LogP contribution >= 0.6 is 6.64 Å². The van der Waals surface area contributed by atoms with Crippen LogP contribution in [0.2, 0.25) is 0 Å². The van der Waals surface area contributed by atoms with Gasteiger partial charge in [0.25, 0.3) is 0 Å². The number of para-hydroxylation sites is 2. The number of nitro benzene ring substituents is 1. The SMILES string of the molecule is CCOP(=S)(NC1CCCCC1)Oc1ccccc1[N+](=O)[O-]. The molecular weight excluding hydrogens is 323 g/mol. The van der Waals surface area contributed by atoms with Crippen molar-refractivity contribution in [3.63, 3.8) is 0 Å². The lowest BCUT2D eigenvalue weighted by Crippen LogP contribution is -2.31. The predicted octanol–water partition coefficient (Wildman–Crippen LogP) is 4.16. The van der Waals surface area contributed by atoms with Crippen LogP contribution in [0.5, 0.6) is 5.75 Å². The second kappa shape index (κ2) is 8.02. The molecule has 0 aromatic heterocycles. The zero-order valence-electron chi connectivity index (χ0n) is 12.6. The summed E-state index contributed by atoms with van der Waals surface area (Å²) in [6, 6.07) is 6.51. The molecular formula is C14H21N2O4PS. The van der Waals surface area contributed by atoms with E-state index in [2.05, 4.69) is 5.09 Å². The molecule has 2 rings (SSSR count). The van der Waals surface area contributed by atoms with Crippen molar-refractivity contribution in [3.05, 3.63) is 34.4 Å². The molecule has 1 aliphatic carbocycles. The molecule has 1 aliphatic rings. The smallest absolute Gasteiger partial charge is 0.313 e. The van der Waals surface area contributed by atoms with Gasteiger partial charge >= 0.3 is 12.3 Å². The number of nitrogens with one attached hydrogen (secondary N) is 1. The molecule has 0 heterocycles. The van der Waals surface area contributed by atoms with Crippen LogP contribution < -0.4 is 9.61 Å². The van der Waals surface area contributed by atoms with E-state index in [4.69, 9.17) is 20.9 Å². The Labute approximate surface area is 135 Å². The van der Waals surface area contributed by atoms with Gasteiger partial charge in [0.1, 0.15) is 0 Å². The molecule has 1 fully saturated rings. The van der Waals surface area contributed by atoms with Gasteiger partial charge in [0.15, 0.2) is 0 Å².